The zero-order valence-electron chi connectivity index (χ0n) is 9.84. The molecule has 1 aromatic carbocycles. The Morgan fingerprint density at radius 1 is 1.24 bits per heavy atom. The highest BCUT2D eigenvalue weighted by Gasteiger charge is 2.31. The maximum atomic E-state index is 8.67. The van der Waals surface area contributed by atoms with Crippen molar-refractivity contribution in [2.24, 2.45) is 5.41 Å². The van der Waals surface area contributed by atoms with Crippen LogP contribution in [0.25, 0.3) is 0 Å². The summed E-state index contributed by atoms with van der Waals surface area (Å²) in [6.45, 7) is 5.44. The van der Waals surface area contributed by atoms with Crippen LogP contribution in [0.15, 0.2) is 24.3 Å². The Hall–Kier alpha value is -1.14. The zero-order chi connectivity index (χ0) is 12.3. The van der Waals surface area contributed by atoms with Crippen LogP contribution in [0.1, 0.15) is 19.4 Å². The molecule has 1 aliphatic heterocycles. The summed E-state index contributed by atoms with van der Waals surface area (Å²) >= 11 is 0. The zero-order valence-corrected chi connectivity index (χ0v) is 10.7. The third-order valence-electron chi connectivity index (χ3n) is 2.28. The molecule has 0 N–H and O–H groups in total. The van der Waals surface area contributed by atoms with Crippen molar-refractivity contribution in [1.29, 1.82) is 5.26 Å². The molecule has 0 aromatic heterocycles. The quantitative estimate of drug-likeness (QED) is 0.757. The number of hydrogen-bond acceptors (Lipinski definition) is 4. The summed E-state index contributed by atoms with van der Waals surface area (Å²) in [5.74, 6) is 0.662. The van der Waals surface area contributed by atoms with E-state index < -0.39 is 8.60 Å². The summed E-state index contributed by atoms with van der Waals surface area (Å²) < 4.78 is 16.6. The predicted molar refractivity (Wildman–Crippen MR) is 64.4 cm³/mol. The van der Waals surface area contributed by atoms with Crippen molar-refractivity contribution in [3.05, 3.63) is 29.8 Å². The second-order valence-corrected chi connectivity index (χ2v) is 5.81. The molecular formula is C12H14NO3P. The van der Waals surface area contributed by atoms with E-state index in [0.29, 0.717) is 24.5 Å². The summed E-state index contributed by atoms with van der Waals surface area (Å²) in [4.78, 5) is 0. The standard InChI is InChI=1S/C12H14NO3P/c1-12(2)8-14-17(15-9-12)16-11-5-3-10(7-13)4-6-11/h3-6H,8-9H2,1-2H3. The average Bonchev–Trinajstić information content (AvgIpc) is 2.33. The van der Waals surface area contributed by atoms with Gasteiger partial charge in [-0.2, -0.15) is 5.26 Å². The summed E-state index contributed by atoms with van der Waals surface area (Å²) in [7, 11) is -1.30. The molecule has 1 fully saturated rings. The van der Waals surface area contributed by atoms with Crippen LogP contribution in [-0.2, 0) is 9.05 Å². The number of benzene rings is 1. The Morgan fingerprint density at radius 2 is 1.82 bits per heavy atom. The van der Waals surface area contributed by atoms with E-state index in [1.54, 1.807) is 24.3 Å². The molecule has 1 aromatic rings. The minimum atomic E-state index is -1.30. The molecule has 0 saturated carbocycles. The molecule has 0 amide bonds. The molecule has 1 heterocycles. The van der Waals surface area contributed by atoms with Gasteiger partial charge in [0.05, 0.1) is 24.8 Å². The van der Waals surface area contributed by atoms with Crippen molar-refractivity contribution in [1.82, 2.24) is 0 Å². The first kappa shape index (κ1) is 12.3. The second kappa shape index (κ2) is 5.01. The van der Waals surface area contributed by atoms with E-state index in [1.165, 1.54) is 0 Å². The average molecular weight is 251 g/mol. The van der Waals surface area contributed by atoms with Gasteiger partial charge in [0.15, 0.2) is 0 Å². The van der Waals surface area contributed by atoms with E-state index in [2.05, 4.69) is 19.9 Å². The Balaban J connectivity index is 1.91. The summed E-state index contributed by atoms with van der Waals surface area (Å²) in [6.07, 6.45) is 0. The van der Waals surface area contributed by atoms with E-state index >= 15 is 0 Å². The fourth-order valence-corrected chi connectivity index (χ4v) is 2.65. The van der Waals surface area contributed by atoms with Crippen LogP contribution in [0, 0.1) is 16.7 Å². The lowest BCUT2D eigenvalue weighted by atomic mass is 9.97. The largest absolute Gasteiger partial charge is 0.427 e. The van der Waals surface area contributed by atoms with Crippen molar-refractivity contribution < 1.29 is 13.6 Å². The number of nitrogens with zero attached hydrogens (tertiary/aromatic N) is 1. The van der Waals surface area contributed by atoms with Gasteiger partial charge in [0.2, 0.25) is 0 Å². The normalized spacial score (nSPS) is 19.6. The van der Waals surface area contributed by atoms with Crippen LogP contribution < -0.4 is 4.52 Å². The van der Waals surface area contributed by atoms with Gasteiger partial charge < -0.3 is 13.6 Å². The molecule has 1 saturated heterocycles. The summed E-state index contributed by atoms with van der Waals surface area (Å²) in [5, 5.41) is 8.67. The molecule has 0 radical (unpaired) electrons. The highest BCUT2D eigenvalue weighted by atomic mass is 31.2. The van der Waals surface area contributed by atoms with Crippen LogP contribution in [0.3, 0.4) is 0 Å². The van der Waals surface area contributed by atoms with Gasteiger partial charge in [-0.05, 0) is 24.3 Å². The van der Waals surface area contributed by atoms with Gasteiger partial charge >= 0.3 is 8.60 Å². The SMILES string of the molecule is CC1(C)COP(Oc2ccc(C#N)cc2)OC1. The molecule has 4 nitrogen and oxygen atoms in total. The molecule has 0 unspecified atom stereocenters. The topological polar surface area (TPSA) is 51.5 Å². The second-order valence-electron chi connectivity index (χ2n) is 4.66. The third-order valence-corrected chi connectivity index (χ3v) is 3.32. The van der Waals surface area contributed by atoms with Gasteiger partial charge in [0, 0.05) is 5.41 Å². The first-order valence-corrected chi connectivity index (χ1v) is 6.43. The Morgan fingerprint density at radius 3 is 2.35 bits per heavy atom. The lowest BCUT2D eigenvalue weighted by Crippen LogP contribution is -2.28. The van der Waals surface area contributed by atoms with Gasteiger partial charge in [0.25, 0.3) is 0 Å². The Labute approximate surface area is 102 Å². The molecule has 90 valence electrons. The lowest BCUT2D eigenvalue weighted by Gasteiger charge is -2.32. The molecule has 5 heteroatoms. The molecule has 0 aliphatic carbocycles. The van der Waals surface area contributed by atoms with E-state index in [-0.39, 0.29) is 5.41 Å². The lowest BCUT2D eigenvalue weighted by molar-refractivity contribution is 0.0426. The minimum absolute atomic E-state index is 0.0485. The maximum Gasteiger partial charge on any atom is 0.397 e. The molecule has 0 atom stereocenters. The first-order valence-electron chi connectivity index (χ1n) is 5.33. The number of rotatable bonds is 2. The fraction of sp³-hybridized carbons (Fsp3) is 0.417. The summed E-state index contributed by atoms with van der Waals surface area (Å²) in [6, 6.07) is 8.96. The number of nitriles is 1. The van der Waals surface area contributed by atoms with Crippen molar-refractivity contribution in [3.63, 3.8) is 0 Å². The van der Waals surface area contributed by atoms with Crippen LogP contribution in [0.4, 0.5) is 0 Å². The smallest absolute Gasteiger partial charge is 0.397 e. The predicted octanol–water partition coefficient (Wildman–Crippen LogP) is 3.24. The number of hydrogen-bond donors (Lipinski definition) is 0. The molecular weight excluding hydrogens is 237 g/mol. The highest BCUT2D eigenvalue weighted by Crippen LogP contribution is 2.46. The van der Waals surface area contributed by atoms with Crippen molar-refractivity contribution >= 4 is 8.60 Å². The Kier molecular flexibility index (Phi) is 3.63. The molecule has 17 heavy (non-hydrogen) atoms. The summed E-state index contributed by atoms with van der Waals surface area (Å²) in [5.41, 5.74) is 0.657. The van der Waals surface area contributed by atoms with E-state index in [4.69, 9.17) is 18.8 Å². The van der Waals surface area contributed by atoms with Gasteiger partial charge in [0.1, 0.15) is 5.75 Å². The van der Waals surface area contributed by atoms with Crippen molar-refractivity contribution in [3.8, 4) is 11.8 Å². The first-order chi connectivity index (χ1) is 8.09. The molecule has 0 spiro atoms. The van der Waals surface area contributed by atoms with Crippen molar-refractivity contribution in [2.45, 2.75) is 13.8 Å². The highest BCUT2D eigenvalue weighted by molar-refractivity contribution is 7.42. The van der Waals surface area contributed by atoms with Crippen LogP contribution in [0.5, 0.6) is 5.75 Å². The van der Waals surface area contributed by atoms with E-state index in [1.807, 2.05) is 0 Å². The molecule has 0 bridgehead atoms. The van der Waals surface area contributed by atoms with Gasteiger partial charge in [-0.15, -0.1) is 0 Å². The monoisotopic (exact) mass is 251 g/mol. The Bertz CT molecular complexity index is 414. The van der Waals surface area contributed by atoms with Crippen LogP contribution in [0.2, 0.25) is 0 Å². The molecule has 1 aliphatic rings. The van der Waals surface area contributed by atoms with Crippen LogP contribution in [-0.4, -0.2) is 13.2 Å². The molecule has 2 rings (SSSR count). The van der Waals surface area contributed by atoms with Gasteiger partial charge in [-0.3, -0.25) is 0 Å². The third kappa shape index (κ3) is 3.41. The van der Waals surface area contributed by atoms with E-state index in [9.17, 15) is 0 Å². The minimum Gasteiger partial charge on any atom is -0.427 e. The van der Waals surface area contributed by atoms with E-state index in [0.717, 1.165) is 0 Å². The van der Waals surface area contributed by atoms with Crippen molar-refractivity contribution in [2.75, 3.05) is 13.2 Å². The van der Waals surface area contributed by atoms with Gasteiger partial charge in [-0.1, -0.05) is 13.8 Å². The fourth-order valence-electron chi connectivity index (χ4n) is 1.26. The maximum absolute atomic E-state index is 8.67. The van der Waals surface area contributed by atoms with Gasteiger partial charge in [-0.25, -0.2) is 0 Å². The van der Waals surface area contributed by atoms with Crippen LogP contribution >= 0.6 is 8.60 Å².